The molecular weight excluding hydrogens is 274 g/mol. The number of aromatic nitrogens is 3. The number of rotatable bonds is 2. The largest absolute Gasteiger partial charge is 0.298 e. The van der Waals surface area contributed by atoms with Crippen molar-refractivity contribution in [1.82, 2.24) is 15.0 Å². The number of Topliss-reactive ketones (excluding diaryl/α,β-unsaturated/α-hetero) is 1. The first-order chi connectivity index (χ1) is 9.49. The van der Waals surface area contributed by atoms with E-state index in [1.165, 1.54) is 16.5 Å². The molecule has 2 aromatic heterocycles. The van der Waals surface area contributed by atoms with Crippen molar-refractivity contribution in [3.05, 3.63) is 20.8 Å². The second kappa shape index (κ2) is 4.77. The summed E-state index contributed by atoms with van der Waals surface area (Å²) in [7, 11) is 0. The Labute approximate surface area is 120 Å². The number of thiophene rings is 1. The van der Waals surface area contributed by atoms with E-state index < -0.39 is 6.04 Å². The van der Waals surface area contributed by atoms with Gasteiger partial charge >= 0.3 is 0 Å². The fraction of sp³-hybridized carbons (Fsp3) is 0.571. The number of hydrogen-bond donors (Lipinski definition) is 0. The highest BCUT2D eigenvalue weighted by molar-refractivity contribution is 7.18. The van der Waals surface area contributed by atoms with E-state index in [-0.39, 0.29) is 11.3 Å². The van der Waals surface area contributed by atoms with Crippen molar-refractivity contribution >= 4 is 27.3 Å². The first-order valence-corrected chi connectivity index (χ1v) is 7.71. The molecule has 0 bridgehead atoms. The maximum absolute atomic E-state index is 12.6. The molecule has 0 spiro atoms. The van der Waals surface area contributed by atoms with Crippen LogP contribution >= 0.6 is 11.3 Å². The molecule has 1 aliphatic carbocycles. The summed E-state index contributed by atoms with van der Waals surface area (Å²) in [6.07, 6.45) is 3.03. The van der Waals surface area contributed by atoms with E-state index in [2.05, 4.69) is 17.2 Å². The molecule has 0 saturated heterocycles. The van der Waals surface area contributed by atoms with Gasteiger partial charge in [-0.05, 0) is 44.6 Å². The lowest BCUT2D eigenvalue weighted by Gasteiger charge is -2.17. The lowest BCUT2D eigenvalue weighted by molar-refractivity contribution is -0.120. The Kier molecular flexibility index (Phi) is 3.20. The number of fused-ring (bicyclic) bond motifs is 3. The third kappa shape index (κ3) is 1.98. The van der Waals surface area contributed by atoms with Gasteiger partial charge in [-0.3, -0.25) is 9.59 Å². The Bertz CT molecular complexity index is 747. The van der Waals surface area contributed by atoms with E-state index in [9.17, 15) is 9.59 Å². The Morgan fingerprint density at radius 3 is 2.95 bits per heavy atom. The van der Waals surface area contributed by atoms with Gasteiger partial charge in [0.25, 0.3) is 5.56 Å². The van der Waals surface area contributed by atoms with Gasteiger partial charge in [0.1, 0.15) is 6.04 Å². The van der Waals surface area contributed by atoms with Crippen LogP contribution in [0.2, 0.25) is 0 Å². The van der Waals surface area contributed by atoms with Gasteiger partial charge in [0.2, 0.25) is 0 Å². The van der Waals surface area contributed by atoms with Crippen molar-refractivity contribution in [3.63, 3.8) is 0 Å². The number of carbonyl (C=O) groups excluding carboxylic acids is 1. The number of nitrogens with zero attached hydrogens (tertiary/aromatic N) is 3. The first kappa shape index (κ1) is 13.4. The minimum atomic E-state index is -0.558. The molecule has 20 heavy (non-hydrogen) atoms. The van der Waals surface area contributed by atoms with Crippen LogP contribution in [0, 0.1) is 5.92 Å². The van der Waals surface area contributed by atoms with Gasteiger partial charge in [-0.2, -0.15) is 0 Å². The predicted molar refractivity (Wildman–Crippen MR) is 78.3 cm³/mol. The summed E-state index contributed by atoms with van der Waals surface area (Å²) >= 11 is 1.57. The van der Waals surface area contributed by atoms with Crippen LogP contribution in [0.3, 0.4) is 0 Å². The monoisotopic (exact) mass is 291 g/mol. The highest BCUT2D eigenvalue weighted by Gasteiger charge is 2.25. The molecule has 0 radical (unpaired) electrons. The molecule has 5 nitrogen and oxygen atoms in total. The fourth-order valence-corrected chi connectivity index (χ4v) is 4.02. The molecule has 0 aliphatic heterocycles. The molecule has 6 heteroatoms. The number of hydrogen-bond acceptors (Lipinski definition) is 5. The molecule has 3 rings (SSSR count). The van der Waals surface area contributed by atoms with E-state index in [1.54, 1.807) is 18.3 Å². The number of carbonyl (C=O) groups is 1. The van der Waals surface area contributed by atoms with Crippen molar-refractivity contribution in [2.24, 2.45) is 5.92 Å². The van der Waals surface area contributed by atoms with E-state index in [0.717, 1.165) is 24.8 Å². The van der Waals surface area contributed by atoms with Gasteiger partial charge in [0.15, 0.2) is 10.6 Å². The molecular formula is C14H17N3O2S. The van der Waals surface area contributed by atoms with Gasteiger partial charge in [-0.15, -0.1) is 16.4 Å². The second-order valence-electron chi connectivity index (χ2n) is 5.66. The molecule has 0 fully saturated rings. The predicted octanol–water partition coefficient (Wildman–Crippen LogP) is 2.13. The zero-order valence-electron chi connectivity index (χ0n) is 11.8. The Balaban J connectivity index is 2.23. The second-order valence-corrected chi connectivity index (χ2v) is 6.74. The smallest absolute Gasteiger partial charge is 0.279 e. The zero-order valence-corrected chi connectivity index (χ0v) is 12.7. The lowest BCUT2D eigenvalue weighted by atomic mass is 9.89. The highest BCUT2D eigenvalue weighted by atomic mass is 32.1. The third-order valence-electron chi connectivity index (χ3n) is 4.10. The van der Waals surface area contributed by atoms with Gasteiger partial charge in [0.05, 0.1) is 5.39 Å². The maximum atomic E-state index is 12.6. The number of aryl methyl sites for hydroxylation is 1. The van der Waals surface area contributed by atoms with E-state index >= 15 is 0 Å². The van der Waals surface area contributed by atoms with Gasteiger partial charge < -0.3 is 0 Å². The minimum Gasteiger partial charge on any atom is -0.298 e. The Morgan fingerprint density at radius 1 is 1.50 bits per heavy atom. The molecule has 0 saturated carbocycles. The van der Waals surface area contributed by atoms with Crippen LogP contribution in [-0.4, -0.2) is 20.8 Å². The molecule has 1 aliphatic rings. The summed E-state index contributed by atoms with van der Waals surface area (Å²) < 4.78 is 1.22. The Morgan fingerprint density at radius 2 is 2.25 bits per heavy atom. The maximum Gasteiger partial charge on any atom is 0.279 e. The van der Waals surface area contributed by atoms with Crippen LogP contribution in [-0.2, 0) is 17.6 Å². The summed E-state index contributed by atoms with van der Waals surface area (Å²) in [6.45, 7) is 5.38. The summed E-state index contributed by atoms with van der Waals surface area (Å²) in [6, 6.07) is -0.558. The van der Waals surface area contributed by atoms with E-state index in [1.807, 2.05) is 0 Å². The van der Waals surface area contributed by atoms with Gasteiger partial charge in [-0.1, -0.05) is 12.1 Å². The SMILES string of the molecule is CC(=O)[C@H](C)n1nnc2sc3c(c2c1=O)CC[C@@H](C)C3. The van der Waals surface area contributed by atoms with Crippen molar-refractivity contribution < 1.29 is 4.79 Å². The topological polar surface area (TPSA) is 64.8 Å². The van der Waals surface area contributed by atoms with Crippen LogP contribution < -0.4 is 5.56 Å². The molecule has 0 N–H and O–H groups in total. The van der Waals surface area contributed by atoms with Crippen LogP contribution in [0.1, 0.15) is 43.7 Å². The standard InChI is InChI=1S/C14H17N3O2S/c1-7-4-5-10-11(6-7)20-13-12(10)14(19)17(16-15-13)8(2)9(3)18/h7-8H,4-6H2,1-3H3/t7-,8+/m1/s1. The van der Waals surface area contributed by atoms with Crippen LogP contribution in [0.4, 0.5) is 0 Å². The summed E-state index contributed by atoms with van der Waals surface area (Å²) in [5.74, 6) is 0.570. The lowest BCUT2D eigenvalue weighted by Crippen LogP contribution is -2.30. The van der Waals surface area contributed by atoms with E-state index in [4.69, 9.17) is 0 Å². The molecule has 0 aromatic carbocycles. The minimum absolute atomic E-state index is 0.0848. The van der Waals surface area contributed by atoms with Crippen LogP contribution in [0.5, 0.6) is 0 Å². The van der Waals surface area contributed by atoms with Crippen molar-refractivity contribution in [2.45, 2.75) is 46.1 Å². The fourth-order valence-electron chi connectivity index (χ4n) is 2.70. The molecule has 0 unspecified atom stereocenters. The molecule has 2 aromatic rings. The normalized spacial score (nSPS) is 19.9. The van der Waals surface area contributed by atoms with Crippen LogP contribution in [0.15, 0.2) is 4.79 Å². The molecule has 2 heterocycles. The molecule has 2 atom stereocenters. The summed E-state index contributed by atoms with van der Waals surface area (Å²) in [5, 5.41) is 8.77. The zero-order chi connectivity index (χ0) is 14.4. The Hall–Kier alpha value is -1.56. The van der Waals surface area contributed by atoms with Gasteiger partial charge in [-0.25, -0.2) is 4.68 Å². The average Bonchev–Trinajstić information content (AvgIpc) is 2.76. The quantitative estimate of drug-likeness (QED) is 0.850. The van der Waals surface area contributed by atoms with Crippen molar-refractivity contribution in [3.8, 4) is 0 Å². The van der Waals surface area contributed by atoms with Crippen molar-refractivity contribution in [2.75, 3.05) is 0 Å². The van der Waals surface area contributed by atoms with Crippen molar-refractivity contribution in [1.29, 1.82) is 0 Å². The summed E-state index contributed by atoms with van der Waals surface area (Å²) in [5.41, 5.74) is 0.956. The average molecular weight is 291 g/mol. The van der Waals surface area contributed by atoms with Gasteiger partial charge in [0, 0.05) is 4.88 Å². The third-order valence-corrected chi connectivity index (χ3v) is 5.24. The molecule has 0 amide bonds. The number of ketones is 1. The van der Waals surface area contributed by atoms with E-state index in [0.29, 0.717) is 16.1 Å². The first-order valence-electron chi connectivity index (χ1n) is 6.89. The molecule has 106 valence electrons. The van der Waals surface area contributed by atoms with Crippen LogP contribution in [0.25, 0.3) is 10.2 Å². The summed E-state index contributed by atoms with van der Waals surface area (Å²) in [4.78, 5) is 26.1. The highest BCUT2D eigenvalue weighted by Crippen LogP contribution is 2.35.